The maximum atomic E-state index is 12.6. The van der Waals surface area contributed by atoms with Crippen molar-refractivity contribution >= 4 is 25.5 Å². The Morgan fingerprint density at radius 1 is 0.800 bits per heavy atom. The van der Waals surface area contributed by atoms with E-state index in [2.05, 4.69) is 13.8 Å². The van der Waals surface area contributed by atoms with Crippen LogP contribution in [0.4, 0.5) is 0 Å². The number of esters is 2. The van der Waals surface area contributed by atoms with Crippen LogP contribution in [0.25, 0.3) is 0 Å². The van der Waals surface area contributed by atoms with E-state index in [1.54, 1.807) is 12.2 Å². The lowest BCUT2D eigenvalue weighted by molar-refractivity contribution is -0.161. The molecule has 1 aliphatic carbocycles. The number of unbranched alkanes of at least 4 members (excludes halogenated alkanes) is 17. The highest BCUT2D eigenvalue weighted by Gasteiger charge is 2.27. The molecular weight excluding hydrogens is 721 g/mol. The summed E-state index contributed by atoms with van der Waals surface area (Å²) in [7, 11) is -4.42. The molecule has 0 saturated heterocycles. The molecule has 12 heteroatoms. The van der Waals surface area contributed by atoms with Crippen molar-refractivity contribution in [1.82, 2.24) is 0 Å². The highest BCUT2D eigenvalue weighted by Crippen LogP contribution is 2.43. The van der Waals surface area contributed by atoms with Crippen LogP contribution in [0.15, 0.2) is 36.5 Å². The Balaban J connectivity index is 2.36. The van der Waals surface area contributed by atoms with Gasteiger partial charge in [-0.1, -0.05) is 153 Å². The molecule has 0 spiro atoms. The van der Waals surface area contributed by atoms with Crippen molar-refractivity contribution in [3.8, 4) is 0 Å². The van der Waals surface area contributed by atoms with E-state index >= 15 is 0 Å². The second-order valence-corrected chi connectivity index (χ2v) is 16.3. The first-order valence-corrected chi connectivity index (χ1v) is 23.0. The highest BCUT2D eigenvalue weighted by molar-refractivity contribution is 7.47. The van der Waals surface area contributed by atoms with Gasteiger partial charge in [0, 0.05) is 25.3 Å². The number of aliphatic hydroxyl groups excluding tert-OH is 1. The Morgan fingerprint density at radius 2 is 1.38 bits per heavy atom. The SMILES string of the molecule is CCCCCCCCCCCCCCCCCC(=O)O[C@H](COC(=O)CCC/C=C\C[C@H]1C=CC(=O)[C@@H]1/C=C/[C@@H](O)CCCCC)COP(=O)(O)OCCN. The number of carbonyl (C=O) groups excluding carboxylic acids is 3. The van der Waals surface area contributed by atoms with Crippen molar-refractivity contribution in [2.45, 2.75) is 180 Å². The fourth-order valence-electron chi connectivity index (χ4n) is 6.45. The van der Waals surface area contributed by atoms with Gasteiger partial charge in [-0.25, -0.2) is 4.57 Å². The number of hydrogen-bond acceptors (Lipinski definition) is 10. The topological polar surface area (TPSA) is 172 Å². The van der Waals surface area contributed by atoms with E-state index in [-0.39, 0.29) is 50.2 Å². The van der Waals surface area contributed by atoms with Gasteiger partial charge in [0.05, 0.1) is 19.3 Å². The van der Waals surface area contributed by atoms with Gasteiger partial charge >= 0.3 is 19.8 Å². The number of allylic oxidation sites excluding steroid dienone is 5. The van der Waals surface area contributed by atoms with Crippen LogP contribution in [0.2, 0.25) is 0 Å². The lowest BCUT2D eigenvalue weighted by Gasteiger charge is -2.19. The summed E-state index contributed by atoms with van der Waals surface area (Å²) in [5, 5.41) is 10.2. The molecule has 1 rings (SSSR count). The van der Waals surface area contributed by atoms with Crippen molar-refractivity contribution in [3.05, 3.63) is 36.5 Å². The molecule has 0 aliphatic heterocycles. The van der Waals surface area contributed by atoms with E-state index in [1.165, 1.54) is 70.6 Å². The summed E-state index contributed by atoms with van der Waals surface area (Å²) in [6.07, 6.45) is 33.7. The lowest BCUT2D eigenvalue weighted by Crippen LogP contribution is -2.29. The Bertz CT molecular complexity index is 1140. The molecule has 55 heavy (non-hydrogen) atoms. The first-order valence-electron chi connectivity index (χ1n) is 21.5. The van der Waals surface area contributed by atoms with Crippen LogP contribution >= 0.6 is 7.82 Å². The summed E-state index contributed by atoms with van der Waals surface area (Å²) in [5.74, 6) is -1.18. The molecule has 0 aromatic rings. The molecule has 0 fully saturated rings. The second kappa shape index (κ2) is 33.9. The molecule has 0 aromatic carbocycles. The van der Waals surface area contributed by atoms with Crippen LogP contribution in [-0.2, 0) is 37.5 Å². The molecular formula is C43H76NO10P. The van der Waals surface area contributed by atoms with Crippen LogP contribution in [0, 0.1) is 11.8 Å². The average molecular weight is 798 g/mol. The van der Waals surface area contributed by atoms with E-state index in [0.717, 1.165) is 38.5 Å². The third kappa shape index (κ3) is 28.8. The standard InChI is InChI=1S/C43H76NO10P/c1-3-5-7-8-9-10-11-12-13-14-15-16-17-18-24-28-43(48)54-39(36-53-55(49,50)52-34-33-44)35-51-42(47)27-23-20-19-22-25-37-29-32-41(46)40(37)31-30-38(45)26-21-6-4-2/h19,22,29-32,37-40,45H,3-18,20-21,23-28,33-36,44H2,1-2H3,(H,49,50)/b22-19-,31-30+/t37-,38-,39+,40+/m0/s1. The fourth-order valence-corrected chi connectivity index (χ4v) is 7.21. The molecule has 0 aromatic heterocycles. The molecule has 11 nitrogen and oxygen atoms in total. The summed E-state index contributed by atoms with van der Waals surface area (Å²) in [6.45, 7) is 3.41. The summed E-state index contributed by atoms with van der Waals surface area (Å²) in [5.41, 5.74) is 5.34. The third-order valence-electron chi connectivity index (χ3n) is 9.78. The highest BCUT2D eigenvalue weighted by atomic mass is 31.2. The molecule has 5 atom stereocenters. The lowest BCUT2D eigenvalue weighted by atomic mass is 9.90. The number of aliphatic hydroxyl groups is 1. The molecule has 1 aliphatic rings. The van der Waals surface area contributed by atoms with Crippen LogP contribution in [0.5, 0.6) is 0 Å². The maximum absolute atomic E-state index is 12.6. The number of phosphoric acid groups is 1. The molecule has 0 heterocycles. The number of ether oxygens (including phenoxy) is 2. The summed E-state index contributed by atoms with van der Waals surface area (Å²) < 4.78 is 32.7. The Morgan fingerprint density at radius 3 is 2.00 bits per heavy atom. The molecule has 4 N–H and O–H groups in total. The van der Waals surface area contributed by atoms with Crippen LogP contribution in [-0.4, -0.2) is 66.3 Å². The number of rotatable bonds is 37. The third-order valence-corrected chi connectivity index (χ3v) is 10.8. The van der Waals surface area contributed by atoms with Gasteiger partial charge in [-0.2, -0.15) is 0 Å². The minimum absolute atomic E-state index is 0.0256. The van der Waals surface area contributed by atoms with Crippen LogP contribution in [0.1, 0.15) is 168 Å². The quantitative estimate of drug-likeness (QED) is 0.0236. The molecule has 0 saturated carbocycles. The van der Waals surface area contributed by atoms with Gasteiger partial charge in [-0.3, -0.25) is 23.4 Å². The molecule has 0 amide bonds. The Hall–Kier alpha value is -2.14. The number of nitrogens with two attached hydrogens (primary N) is 1. The van der Waals surface area contributed by atoms with Crippen molar-refractivity contribution < 1.29 is 47.5 Å². The number of hydrogen-bond donors (Lipinski definition) is 3. The van der Waals surface area contributed by atoms with Crippen molar-refractivity contribution in [3.63, 3.8) is 0 Å². The first-order chi connectivity index (χ1) is 26.6. The average Bonchev–Trinajstić information content (AvgIpc) is 3.52. The van der Waals surface area contributed by atoms with E-state index in [9.17, 15) is 28.9 Å². The number of phosphoric ester groups is 1. The predicted octanol–water partition coefficient (Wildman–Crippen LogP) is 9.78. The molecule has 318 valence electrons. The number of ketones is 1. The Labute approximate surface area is 332 Å². The summed E-state index contributed by atoms with van der Waals surface area (Å²) in [4.78, 5) is 47.3. The second-order valence-electron chi connectivity index (χ2n) is 14.9. The zero-order valence-electron chi connectivity index (χ0n) is 34.3. The molecule has 0 radical (unpaired) electrons. The van der Waals surface area contributed by atoms with Gasteiger partial charge in [0.25, 0.3) is 0 Å². The molecule has 1 unspecified atom stereocenters. The van der Waals surface area contributed by atoms with E-state index in [1.807, 2.05) is 24.3 Å². The Kier molecular flexibility index (Phi) is 31.4. The van der Waals surface area contributed by atoms with Crippen molar-refractivity contribution in [2.24, 2.45) is 17.6 Å². The first kappa shape index (κ1) is 50.9. The minimum Gasteiger partial charge on any atom is -0.462 e. The number of carbonyl (C=O) groups is 3. The molecule has 0 bridgehead atoms. The normalized spacial score (nSPS) is 17.9. The minimum atomic E-state index is -4.42. The largest absolute Gasteiger partial charge is 0.472 e. The monoisotopic (exact) mass is 798 g/mol. The maximum Gasteiger partial charge on any atom is 0.472 e. The predicted molar refractivity (Wildman–Crippen MR) is 219 cm³/mol. The van der Waals surface area contributed by atoms with Gasteiger partial charge in [0.1, 0.15) is 6.61 Å². The van der Waals surface area contributed by atoms with E-state index in [4.69, 9.17) is 24.3 Å². The summed E-state index contributed by atoms with van der Waals surface area (Å²) in [6, 6.07) is 0. The smallest absolute Gasteiger partial charge is 0.462 e. The zero-order chi connectivity index (χ0) is 40.4. The van der Waals surface area contributed by atoms with Crippen molar-refractivity contribution in [1.29, 1.82) is 0 Å². The summed E-state index contributed by atoms with van der Waals surface area (Å²) >= 11 is 0. The van der Waals surface area contributed by atoms with Gasteiger partial charge < -0.3 is 25.2 Å². The zero-order valence-corrected chi connectivity index (χ0v) is 35.2. The van der Waals surface area contributed by atoms with E-state index in [0.29, 0.717) is 32.1 Å². The van der Waals surface area contributed by atoms with Gasteiger partial charge in [0.15, 0.2) is 11.9 Å². The fraction of sp³-hybridized carbons (Fsp3) is 0.791. The van der Waals surface area contributed by atoms with Crippen LogP contribution in [0.3, 0.4) is 0 Å². The van der Waals surface area contributed by atoms with E-state index < -0.39 is 38.6 Å². The van der Waals surface area contributed by atoms with Gasteiger partial charge in [0.2, 0.25) is 0 Å². The van der Waals surface area contributed by atoms with Crippen LogP contribution < -0.4 is 5.73 Å². The van der Waals surface area contributed by atoms with Crippen molar-refractivity contribution in [2.75, 3.05) is 26.4 Å². The van der Waals surface area contributed by atoms with Gasteiger partial charge in [-0.05, 0) is 44.1 Å². The van der Waals surface area contributed by atoms with Gasteiger partial charge in [-0.15, -0.1) is 0 Å².